The lowest BCUT2D eigenvalue weighted by atomic mass is 9.79. The molecule has 0 spiro atoms. The first kappa shape index (κ1) is 103. The lowest BCUT2D eigenvalue weighted by Crippen LogP contribution is -2.41. The van der Waals surface area contributed by atoms with Crippen LogP contribution in [0, 0.1) is 94.7 Å². The molecule has 0 bridgehead atoms. The molecule has 0 aromatic carbocycles. The maximum atomic E-state index is 3.64. The number of piperidine rings is 3. The van der Waals surface area contributed by atoms with Crippen LogP contribution in [0.5, 0.6) is 0 Å². The fraction of sp³-hybridized carbons (Fsp3) is 1.00. The quantitative estimate of drug-likeness (QED) is 0.104. The highest BCUT2D eigenvalue weighted by Gasteiger charge is 2.30. The molecule has 1 aliphatic carbocycles. The summed E-state index contributed by atoms with van der Waals surface area (Å²) in [6.07, 6.45) is 21.0. The molecule has 0 amide bonds. The van der Waals surface area contributed by atoms with E-state index in [1.165, 1.54) is 181 Å². The fourth-order valence-corrected chi connectivity index (χ4v) is 15.5. The van der Waals surface area contributed by atoms with E-state index in [1.807, 2.05) is 0 Å². The lowest BCUT2D eigenvalue weighted by Gasteiger charge is -2.37. The number of nitrogens with zero attached hydrogens (tertiary/aromatic N) is 7. The smallest absolute Gasteiger partial charge is 0.00696 e. The molecule has 2 N–H and O–H groups in total. The topological polar surface area (TPSA) is 46.7 Å². The third kappa shape index (κ3) is 50.1. The van der Waals surface area contributed by atoms with Gasteiger partial charge in [0.15, 0.2) is 0 Å². The van der Waals surface area contributed by atoms with Crippen molar-refractivity contribution in [3.63, 3.8) is 0 Å². The van der Waals surface area contributed by atoms with Crippen LogP contribution in [0.3, 0.4) is 0 Å². The second kappa shape index (κ2) is 57.7. The van der Waals surface area contributed by atoms with Gasteiger partial charge in [-0.3, -0.25) is 0 Å². The van der Waals surface area contributed by atoms with Gasteiger partial charge in [0.25, 0.3) is 0 Å². The molecule has 6 atom stereocenters. The Morgan fingerprint density at radius 3 is 0.713 bits per heavy atom. The van der Waals surface area contributed by atoms with E-state index < -0.39 is 0 Å². The Labute approximate surface area is 640 Å². The predicted molar refractivity (Wildman–Crippen MR) is 460 cm³/mol. The SMILES string of the molecule is CC(C)C1CCCN(C(C)C)C1.CC(C)C1CCN(C(C)C)C1.CC(C)CCN(C)C(C)C.CC(C)CCNC(C)C.CC(C)NC1CCC(C(C)C)CC1.CC(C)[C@@H]1CCCN(C(C)C)C1.CC(C)[C@@H]1CCN(C(C)C)C1.CC(C)[C@H]1CCCN(C(C)C)C1.CC(C)[C@H]1CCN(C(C)C)C1. The van der Waals surface area contributed by atoms with Crippen molar-refractivity contribution in [2.24, 2.45) is 94.7 Å². The molecule has 7 rings (SSSR count). The zero-order valence-corrected chi connectivity index (χ0v) is 76.6. The van der Waals surface area contributed by atoms with E-state index in [0.29, 0.717) is 18.1 Å². The van der Waals surface area contributed by atoms with Crippen molar-refractivity contribution >= 4 is 0 Å². The molecule has 0 aromatic rings. The minimum absolute atomic E-state index is 0.642. The van der Waals surface area contributed by atoms with Gasteiger partial charge in [0.1, 0.15) is 0 Å². The first-order chi connectivity index (χ1) is 46.9. The van der Waals surface area contributed by atoms with E-state index in [1.54, 1.807) is 0 Å². The summed E-state index contributed by atoms with van der Waals surface area (Å²) in [5.41, 5.74) is 0. The van der Waals surface area contributed by atoms with Gasteiger partial charge in [-0.25, -0.2) is 0 Å². The summed E-state index contributed by atoms with van der Waals surface area (Å²) in [5.74, 6) is 14.5. The second-order valence-electron chi connectivity index (χ2n) is 39.6. The van der Waals surface area contributed by atoms with Gasteiger partial charge in [-0.1, -0.05) is 152 Å². The van der Waals surface area contributed by atoms with Crippen LogP contribution in [-0.4, -0.2) is 193 Å². The normalized spacial score (nSPS) is 24.6. The van der Waals surface area contributed by atoms with E-state index in [2.05, 4.69) is 301 Å². The highest BCUT2D eigenvalue weighted by molar-refractivity contribution is 4.84. The Morgan fingerprint density at radius 2 is 0.525 bits per heavy atom. The second-order valence-corrected chi connectivity index (χ2v) is 39.6. The first-order valence-electron chi connectivity index (χ1n) is 44.6. The molecule has 9 heteroatoms. The molecule has 2 unspecified atom stereocenters. The molecule has 6 saturated heterocycles. The predicted octanol–water partition coefficient (Wildman–Crippen LogP) is 23.0. The summed E-state index contributed by atoms with van der Waals surface area (Å²) >= 11 is 0. The molecule has 9 nitrogen and oxygen atoms in total. The largest absolute Gasteiger partial charge is 0.315 e. The van der Waals surface area contributed by atoms with Crippen molar-refractivity contribution in [2.75, 3.05) is 98.7 Å². The Bertz CT molecular complexity index is 1590. The van der Waals surface area contributed by atoms with Crippen LogP contribution in [0.1, 0.15) is 346 Å². The number of rotatable bonds is 23. The summed E-state index contributed by atoms with van der Waals surface area (Å²) in [5, 5.41) is 7.02. The van der Waals surface area contributed by atoms with Crippen molar-refractivity contribution < 1.29 is 0 Å². The third-order valence-corrected chi connectivity index (χ3v) is 24.8. The average Bonchev–Trinajstić information content (AvgIpc) is 1.33. The van der Waals surface area contributed by atoms with E-state index in [-0.39, 0.29) is 0 Å². The third-order valence-electron chi connectivity index (χ3n) is 24.8. The number of nitrogens with one attached hydrogen (secondary N) is 2. The van der Waals surface area contributed by atoms with Gasteiger partial charge < -0.3 is 44.9 Å². The van der Waals surface area contributed by atoms with Crippen LogP contribution in [0.2, 0.25) is 0 Å². The molecule has 610 valence electrons. The Kier molecular flexibility index (Phi) is 58.7. The molecular formula is C92H197N9. The Morgan fingerprint density at radius 1 is 0.277 bits per heavy atom. The molecule has 0 radical (unpaired) electrons. The highest BCUT2D eigenvalue weighted by Crippen LogP contribution is 2.32. The molecule has 1 saturated carbocycles. The van der Waals surface area contributed by atoms with Crippen LogP contribution < -0.4 is 10.6 Å². The summed E-state index contributed by atoms with van der Waals surface area (Å²) in [7, 11) is 2.19. The van der Waals surface area contributed by atoms with Gasteiger partial charge in [-0.15, -0.1) is 0 Å². The van der Waals surface area contributed by atoms with Crippen LogP contribution in [0.4, 0.5) is 0 Å². The highest BCUT2D eigenvalue weighted by atomic mass is 15.2. The van der Waals surface area contributed by atoms with Gasteiger partial charge in [0.05, 0.1) is 0 Å². The number of hydrogen-bond donors (Lipinski definition) is 2. The summed E-state index contributed by atoms with van der Waals surface area (Å²) in [6.45, 7) is 101. The van der Waals surface area contributed by atoms with Gasteiger partial charge in [0.2, 0.25) is 0 Å². The van der Waals surface area contributed by atoms with Gasteiger partial charge >= 0.3 is 0 Å². The van der Waals surface area contributed by atoms with E-state index in [9.17, 15) is 0 Å². The van der Waals surface area contributed by atoms with Crippen LogP contribution in [0.15, 0.2) is 0 Å². The van der Waals surface area contributed by atoms with Crippen LogP contribution in [0.25, 0.3) is 0 Å². The standard InChI is InChI=1S/C12H25N.3C11H23N.3C10H21N.C9H21N.C8H19N/c1-9(2)11-5-7-12(8-6-11)13-10(3)4;3*1-9(2)11-6-5-7-12(8-11)10(3)4;3*1-8(2)10-5-6-11(7-10)9(3)4;1-8(2)6-7-10(5)9(3)4;1-7(2)5-6-9-8(3)4/h9-13H,5-8H2,1-4H3;3*9-11H,5-8H2,1-4H3;3*8-10H,5-7H2,1-4H3;8-9H,6-7H2,1-5H3;7-9H,5-6H2,1-4H3/t;2*11-;;2*10-;;;/m.10.10.../s1. The monoisotopic (exact) mass is 1430 g/mol. The minimum Gasteiger partial charge on any atom is -0.315 e. The van der Waals surface area contributed by atoms with Crippen molar-refractivity contribution in [2.45, 2.75) is 406 Å². The number of likely N-dealkylation sites (tertiary alicyclic amines) is 6. The molecule has 6 aliphatic heterocycles. The molecular weight excluding hydrogens is 1230 g/mol. The average molecular weight is 1430 g/mol. The van der Waals surface area contributed by atoms with Crippen molar-refractivity contribution in [1.82, 2.24) is 44.9 Å². The maximum absolute atomic E-state index is 3.64. The van der Waals surface area contributed by atoms with Crippen molar-refractivity contribution in [1.29, 1.82) is 0 Å². The maximum Gasteiger partial charge on any atom is 0.00696 e. The van der Waals surface area contributed by atoms with E-state index in [4.69, 9.17) is 0 Å². The van der Waals surface area contributed by atoms with Gasteiger partial charge in [0, 0.05) is 99.7 Å². The van der Waals surface area contributed by atoms with Gasteiger partial charge in [-0.05, 0) is 347 Å². The molecule has 101 heavy (non-hydrogen) atoms. The van der Waals surface area contributed by atoms with Crippen LogP contribution in [-0.2, 0) is 0 Å². The first-order valence-corrected chi connectivity index (χ1v) is 44.6. The Hall–Kier alpha value is -0.360. The molecule has 6 heterocycles. The van der Waals surface area contributed by atoms with E-state index in [0.717, 1.165) is 144 Å². The van der Waals surface area contributed by atoms with E-state index >= 15 is 0 Å². The molecule has 0 aromatic heterocycles. The summed E-state index contributed by atoms with van der Waals surface area (Å²) < 4.78 is 0. The summed E-state index contributed by atoms with van der Waals surface area (Å²) in [6, 6.07) is 7.26. The van der Waals surface area contributed by atoms with Gasteiger partial charge in [-0.2, -0.15) is 0 Å². The zero-order valence-electron chi connectivity index (χ0n) is 76.6. The molecule has 7 aliphatic rings. The lowest BCUT2D eigenvalue weighted by molar-refractivity contribution is 0.117. The fourth-order valence-electron chi connectivity index (χ4n) is 15.5. The van der Waals surface area contributed by atoms with Crippen molar-refractivity contribution in [3.8, 4) is 0 Å². The minimum atomic E-state index is 0.642. The Balaban J connectivity index is 0. The summed E-state index contributed by atoms with van der Waals surface area (Å²) in [4.78, 5) is 18.0. The van der Waals surface area contributed by atoms with Crippen molar-refractivity contribution in [3.05, 3.63) is 0 Å². The zero-order chi connectivity index (χ0) is 78.0. The van der Waals surface area contributed by atoms with Crippen LogP contribution >= 0.6 is 0 Å². The molecule has 7 fully saturated rings. The number of hydrogen-bond acceptors (Lipinski definition) is 9.